The van der Waals surface area contributed by atoms with E-state index >= 15 is 0 Å². The quantitative estimate of drug-likeness (QED) is 0.411. The lowest BCUT2D eigenvalue weighted by atomic mass is 10.1. The van der Waals surface area contributed by atoms with Crippen molar-refractivity contribution < 1.29 is 15.3 Å². The van der Waals surface area contributed by atoms with Crippen molar-refractivity contribution in [1.29, 1.82) is 0 Å². The van der Waals surface area contributed by atoms with Crippen LogP contribution in [0.5, 0.6) is 0 Å². The molecule has 3 nitrogen and oxygen atoms in total. The Bertz CT molecular complexity index is 101. The first-order valence-corrected chi connectivity index (χ1v) is 2.62. The molecule has 0 rings (SSSR count). The normalized spacial score (nSPS) is 13.2. The Morgan fingerprint density at radius 3 is 1.89 bits per heavy atom. The highest BCUT2D eigenvalue weighted by Gasteiger charge is 2.13. The van der Waals surface area contributed by atoms with Gasteiger partial charge in [0.05, 0.1) is 13.2 Å². The fourth-order valence-electron chi connectivity index (χ4n) is 0.394. The van der Waals surface area contributed by atoms with Gasteiger partial charge in [-0.3, -0.25) is 0 Å². The fourth-order valence-corrected chi connectivity index (χ4v) is 0.394. The molecule has 0 spiro atoms. The summed E-state index contributed by atoms with van der Waals surface area (Å²) in [6.45, 7) is -0.580. The summed E-state index contributed by atoms with van der Waals surface area (Å²) in [6, 6.07) is 0. The van der Waals surface area contributed by atoms with Gasteiger partial charge in [0.2, 0.25) is 0 Å². The minimum Gasteiger partial charge on any atom is -0.396 e. The van der Waals surface area contributed by atoms with Gasteiger partial charge in [-0.15, -0.1) is 6.42 Å². The third-order valence-electron chi connectivity index (χ3n) is 1.09. The third kappa shape index (κ3) is 2.47. The van der Waals surface area contributed by atoms with E-state index in [-0.39, 0.29) is 13.2 Å². The lowest BCUT2D eigenvalue weighted by Gasteiger charge is -2.11. The van der Waals surface area contributed by atoms with Gasteiger partial charge in [-0.2, -0.15) is 0 Å². The van der Waals surface area contributed by atoms with E-state index < -0.39 is 12.0 Å². The highest BCUT2D eigenvalue weighted by molar-refractivity contribution is 4.96. The van der Waals surface area contributed by atoms with Gasteiger partial charge in [-0.05, 0) is 0 Å². The molecule has 0 saturated carbocycles. The van der Waals surface area contributed by atoms with Crippen molar-refractivity contribution in [3.63, 3.8) is 0 Å². The molecule has 0 aliphatic carbocycles. The summed E-state index contributed by atoms with van der Waals surface area (Å²) in [4.78, 5) is 0. The molecule has 52 valence electrons. The van der Waals surface area contributed by atoms with E-state index in [1.165, 1.54) is 0 Å². The maximum absolute atomic E-state index is 8.76. The van der Waals surface area contributed by atoms with Crippen LogP contribution in [0.25, 0.3) is 0 Å². The fraction of sp³-hybridized carbons (Fsp3) is 0.667. The SMILES string of the molecule is C#CC(O)C(CO)CO. The first-order valence-electron chi connectivity index (χ1n) is 2.62. The highest BCUT2D eigenvalue weighted by atomic mass is 16.3. The van der Waals surface area contributed by atoms with Crippen LogP contribution < -0.4 is 0 Å². The molecular formula is C6H10O3. The average Bonchev–Trinajstić information content (AvgIpc) is 1.90. The minimum atomic E-state index is -1.04. The van der Waals surface area contributed by atoms with Crippen molar-refractivity contribution in [2.45, 2.75) is 6.10 Å². The summed E-state index contributed by atoms with van der Waals surface area (Å²) < 4.78 is 0. The maximum Gasteiger partial charge on any atom is 0.121 e. The summed E-state index contributed by atoms with van der Waals surface area (Å²) in [6.07, 6.45) is 3.76. The van der Waals surface area contributed by atoms with E-state index in [0.29, 0.717) is 0 Å². The standard InChI is InChI=1S/C6H10O3/c1-2-6(9)5(3-7)4-8/h1,5-9H,3-4H2. The summed E-state index contributed by atoms with van der Waals surface area (Å²) in [5.41, 5.74) is 0. The van der Waals surface area contributed by atoms with Gasteiger partial charge in [0, 0.05) is 5.92 Å². The molecule has 3 heteroatoms. The van der Waals surface area contributed by atoms with Gasteiger partial charge in [-0.25, -0.2) is 0 Å². The number of hydrogen-bond donors (Lipinski definition) is 3. The van der Waals surface area contributed by atoms with E-state index in [9.17, 15) is 0 Å². The van der Waals surface area contributed by atoms with Crippen LogP contribution in [0.15, 0.2) is 0 Å². The van der Waals surface area contributed by atoms with Crippen LogP contribution in [0.2, 0.25) is 0 Å². The molecule has 0 aromatic carbocycles. The second-order valence-corrected chi connectivity index (χ2v) is 1.74. The molecule has 0 amide bonds. The van der Waals surface area contributed by atoms with Crippen molar-refractivity contribution in [3.8, 4) is 12.3 Å². The number of hydrogen-bond acceptors (Lipinski definition) is 3. The molecule has 1 unspecified atom stereocenters. The predicted molar refractivity (Wildman–Crippen MR) is 32.5 cm³/mol. The predicted octanol–water partition coefficient (Wildman–Crippen LogP) is -1.42. The highest BCUT2D eigenvalue weighted by Crippen LogP contribution is 1.99. The largest absolute Gasteiger partial charge is 0.396 e. The van der Waals surface area contributed by atoms with Gasteiger partial charge in [0.25, 0.3) is 0 Å². The molecule has 1 atom stereocenters. The zero-order valence-electron chi connectivity index (χ0n) is 4.99. The van der Waals surface area contributed by atoms with Crippen molar-refractivity contribution >= 4 is 0 Å². The van der Waals surface area contributed by atoms with E-state index in [1.54, 1.807) is 0 Å². The molecule has 0 fully saturated rings. The number of aliphatic hydroxyl groups excluding tert-OH is 3. The Balaban J connectivity index is 3.67. The molecule has 0 aromatic rings. The molecule has 0 bridgehead atoms. The molecule has 0 aliphatic rings. The molecule has 0 aromatic heterocycles. The first-order chi connectivity index (χ1) is 4.26. The Labute approximate surface area is 53.9 Å². The van der Waals surface area contributed by atoms with Crippen LogP contribution in [-0.4, -0.2) is 34.6 Å². The summed E-state index contributed by atoms with van der Waals surface area (Å²) in [5, 5.41) is 25.6. The topological polar surface area (TPSA) is 60.7 Å². The molecule has 0 heterocycles. The van der Waals surface area contributed by atoms with Gasteiger partial charge in [0.15, 0.2) is 0 Å². The van der Waals surface area contributed by atoms with Crippen LogP contribution in [-0.2, 0) is 0 Å². The van der Waals surface area contributed by atoms with Gasteiger partial charge in [0.1, 0.15) is 6.10 Å². The third-order valence-corrected chi connectivity index (χ3v) is 1.09. The molecule has 0 aliphatic heterocycles. The molecule has 3 N–H and O–H groups in total. The van der Waals surface area contributed by atoms with Crippen molar-refractivity contribution in [3.05, 3.63) is 0 Å². The van der Waals surface area contributed by atoms with Crippen molar-refractivity contribution in [2.75, 3.05) is 13.2 Å². The van der Waals surface area contributed by atoms with Crippen LogP contribution in [0, 0.1) is 18.3 Å². The van der Waals surface area contributed by atoms with Gasteiger partial charge < -0.3 is 15.3 Å². The molecule has 0 radical (unpaired) electrons. The summed E-state index contributed by atoms with van der Waals surface area (Å²) in [7, 11) is 0. The van der Waals surface area contributed by atoms with Gasteiger partial charge in [-0.1, -0.05) is 5.92 Å². The summed E-state index contributed by atoms with van der Waals surface area (Å²) >= 11 is 0. The maximum atomic E-state index is 8.76. The van der Waals surface area contributed by atoms with Crippen LogP contribution in [0.1, 0.15) is 0 Å². The van der Waals surface area contributed by atoms with E-state index in [4.69, 9.17) is 21.7 Å². The lowest BCUT2D eigenvalue weighted by Crippen LogP contribution is -2.25. The Hall–Kier alpha value is -0.560. The second kappa shape index (κ2) is 4.33. The van der Waals surface area contributed by atoms with Crippen molar-refractivity contribution in [2.24, 2.45) is 5.92 Å². The zero-order chi connectivity index (χ0) is 7.28. The van der Waals surface area contributed by atoms with Gasteiger partial charge >= 0.3 is 0 Å². The van der Waals surface area contributed by atoms with E-state index in [1.807, 2.05) is 5.92 Å². The van der Waals surface area contributed by atoms with Crippen LogP contribution in [0.3, 0.4) is 0 Å². The van der Waals surface area contributed by atoms with E-state index in [0.717, 1.165) is 0 Å². The first kappa shape index (κ1) is 8.44. The molecular weight excluding hydrogens is 120 g/mol. The number of terminal acetylenes is 1. The molecule has 9 heavy (non-hydrogen) atoms. The van der Waals surface area contributed by atoms with E-state index in [2.05, 4.69) is 0 Å². The number of aliphatic hydroxyl groups is 3. The minimum absolute atomic E-state index is 0.290. The Kier molecular flexibility index (Phi) is 4.06. The average molecular weight is 130 g/mol. The Morgan fingerprint density at radius 1 is 1.33 bits per heavy atom. The zero-order valence-corrected chi connectivity index (χ0v) is 4.99. The second-order valence-electron chi connectivity index (χ2n) is 1.74. The summed E-state index contributed by atoms with van der Waals surface area (Å²) in [5.74, 6) is 1.40. The lowest BCUT2D eigenvalue weighted by molar-refractivity contribution is 0.0635. The Morgan fingerprint density at radius 2 is 1.78 bits per heavy atom. The molecule has 0 saturated heterocycles. The monoisotopic (exact) mass is 130 g/mol. The van der Waals surface area contributed by atoms with Crippen LogP contribution in [0.4, 0.5) is 0 Å². The van der Waals surface area contributed by atoms with Crippen LogP contribution >= 0.6 is 0 Å². The number of rotatable bonds is 3. The smallest absolute Gasteiger partial charge is 0.121 e. The van der Waals surface area contributed by atoms with Crippen molar-refractivity contribution in [1.82, 2.24) is 0 Å².